The normalized spacial score (nSPS) is 25.0. The molecule has 2 N–H and O–H groups in total. The van der Waals surface area contributed by atoms with Gasteiger partial charge in [0.2, 0.25) is 5.91 Å². The zero-order valence-electron chi connectivity index (χ0n) is 15.7. The number of carbonyl (C=O) groups is 1. The fourth-order valence-electron chi connectivity index (χ4n) is 4.50. The van der Waals surface area contributed by atoms with Crippen LogP contribution in [0, 0.1) is 0 Å². The van der Waals surface area contributed by atoms with E-state index >= 15 is 0 Å². The molecule has 2 fully saturated rings. The minimum absolute atomic E-state index is 0.183. The minimum atomic E-state index is 0.183. The summed E-state index contributed by atoms with van der Waals surface area (Å²) in [5, 5.41) is 7.10. The molecule has 0 aromatic carbocycles. The summed E-state index contributed by atoms with van der Waals surface area (Å²) in [6.45, 7) is 2.90. The molecule has 7 heteroatoms. The van der Waals surface area contributed by atoms with E-state index in [0.717, 1.165) is 43.1 Å². The Labute approximate surface area is 155 Å². The molecule has 1 unspecified atom stereocenters. The van der Waals surface area contributed by atoms with Gasteiger partial charge >= 0.3 is 0 Å². The van der Waals surface area contributed by atoms with E-state index in [1.807, 2.05) is 16.8 Å². The summed E-state index contributed by atoms with van der Waals surface area (Å²) < 4.78 is 0. The lowest BCUT2D eigenvalue weighted by atomic mass is 9.95. The number of fused-ring (bicyclic) bond motifs is 1. The number of carbonyl (C=O) groups excluding carboxylic acids is 1. The van der Waals surface area contributed by atoms with Crippen molar-refractivity contribution in [3.8, 4) is 0 Å². The summed E-state index contributed by atoms with van der Waals surface area (Å²) in [5.74, 6) is 1.98. The molecule has 1 atom stereocenters. The molecule has 3 heterocycles. The van der Waals surface area contributed by atoms with Crippen LogP contribution in [0.2, 0.25) is 0 Å². The Hall–Kier alpha value is -1.89. The van der Waals surface area contributed by atoms with Crippen LogP contribution in [0.1, 0.15) is 50.5 Å². The Balaban J connectivity index is 1.61. The molecule has 142 valence electrons. The van der Waals surface area contributed by atoms with Crippen LogP contribution >= 0.6 is 0 Å². The lowest BCUT2D eigenvalue weighted by molar-refractivity contribution is -0.132. The van der Waals surface area contributed by atoms with Crippen molar-refractivity contribution in [2.24, 2.45) is 0 Å². The van der Waals surface area contributed by atoms with Crippen molar-refractivity contribution in [1.82, 2.24) is 20.2 Å². The van der Waals surface area contributed by atoms with Crippen molar-refractivity contribution in [1.29, 1.82) is 0 Å². The largest absolute Gasteiger partial charge is 0.367 e. The van der Waals surface area contributed by atoms with Crippen molar-refractivity contribution in [3.63, 3.8) is 0 Å². The summed E-state index contributed by atoms with van der Waals surface area (Å²) in [7, 11) is 1.96. The van der Waals surface area contributed by atoms with E-state index in [4.69, 9.17) is 0 Å². The van der Waals surface area contributed by atoms with Gasteiger partial charge in [-0.1, -0.05) is 19.3 Å². The molecular weight excluding hydrogens is 328 g/mol. The third-order valence-electron chi connectivity index (χ3n) is 5.96. The van der Waals surface area contributed by atoms with Crippen LogP contribution in [-0.2, 0) is 11.3 Å². The van der Waals surface area contributed by atoms with Crippen molar-refractivity contribution in [2.45, 2.75) is 63.6 Å². The quantitative estimate of drug-likeness (QED) is 0.858. The monoisotopic (exact) mass is 358 g/mol. The molecule has 4 rings (SSSR count). The topological polar surface area (TPSA) is 73.4 Å². The standard InChI is InChI=1S/C19H30N6O/c1-24-12-17(26)25(15-8-5-9-20-10-15)11-16-18(21-13-22-19(16)24)23-14-6-3-2-4-7-14/h13-15,20H,2-12H2,1H3,(H,21,22,23). The molecule has 26 heavy (non-hydrogen) atoms. The minimum Gasteiger partial charge on any atom is -0.367 e. The van der Waals surface area contributed by atoms with Crippen LogP contribution < -0.4 is 15.5 Å². The lowest BCUT2D eigenvalue weighted by Crippen LogP contribution is -2.49. The highest BCUT2D eigenvalue weighted by atomic mass is 16.2. The SMILES string of the molecule is CN1CC(=O)N(C2CCCNC2)Cc2c(NC3CCCCC3)ncnc21. The van der Waals surface area contributed by atoms with Crippen molar-refractivity contribution in [2.75, 3.05) is 36.9 Å². The van der Waals surface area contributed by atoms with E-state index in [0.29, 0.717) is 19.1 Å². The van der Waals surface area contributed by atoms with E-state index in [1.165, 1.54) is 32.1 Å². The van der Waals surface area contributed by atoms with E-state index in [-0.39, 0.29) is 11.9 Å². The smallest absolute Gasteiger partial charge is 0.242 e. The van der Waals surface area contributed by atoms with Crippen LogP contribution in [0.15, 0.2) is 6.33 Å². The summed E-state index contributed by atoms with van der Waals surface area (Å²) in [4.78, 5) is 26.0. The van der Waals surface area contributed by atoms with Gasteiger partial charge in [0.15, 0.2) is 0 Å². The van der Waals surface area contributed by atoms with Crippen LogP contribution in [-0.4, -0.2) is 59.5 Å². The number of hydrogen-bond donors (Lipinski definition) is 2. The zero-order chi connectivity index (χ0) is 17.9. The van der Waals surface area contributed by atoms with Gasteiger partial charge in [-0.05, 0) is 32.2 Å². The molecule has 0 bridgehead atoms. The number of amides is 1. The van der Waals surface area contributed by atoms with Gasteiger partial charge in [0, 0.05) is 25.7 Å². The Bertz CT molecular complexity index is 639. The van der Waals surface area contributed by atoms with Crippen LogP contribution in [0.25, 0.3) is 0 Å². The maximum atomic E-state index is 12.9. The lowest BCUT2D eigenvalue weighted by Gasteiger charge is -2.34. The molecule has 1 aliphatic carbocycles. The van der Waals surface area contributed by atoms with Gasteiger partial charge in [0.05, 0.1) is 18.7 Å². The molecule has 7 nitrogen and oxygen atoms in total. The highest BCUT2D eigenvalue weighted by Gasteiger charge is 2.32. The van der Waals surface area contributed by atoms with Crippen molar-refractivity contribution < 1.29 is 4.79 Å². The number of nitrogens with zero attached hydrogens (tertiary/aromatic N) is 4. The second-order valence-corrected chi connectivity index (χ2v) is 7.88. The van der Waals surface area contributed by atoms with E-state index in [1.54, 1.807) is 6.33 Å². The first kappa shape index (κ1) is 17.5. The first-order chi connectivity index (χ1) is 12.7. The summed E-state index contributed by atoms with van der Waals surface area (Å²) in [6, 6.07) is 0.746. The Kier molecular flexibility index (Phi) is 5.24. The summed E-state index contributed by atoms with van der Waals surface area (Å²) in [6.07, 6.45) is 10.1. The Morgan fingerprint density at radius 2 is 1.96 bits per heavy atom. The zero-order valence-corrected chi connectivity index (χ0v) is 15.7. The Morgan fingerprint density at radius 3 is 2.73 bits per heavy atom. The van der Waals surface area contributed by atoms with Crippen LogP contribution in [0.3, 0.4) is 0 Å². The Morgan fingerprint density at radius 1 is 1.12 bits per heavy atom. The molecule has 1 saturated carbocycles. The number of hydrogen-bond acceptors (Lipinski definition) is 6. The van der Waals surface area contributed by atoms with E-state index in [2.05, 4.69) is 20.6 Å². The van der Waals surface area contributed by atoms with Gasteiger partial charge in [-0.25, -0.2) is 9.97 Å². The van der Waals surface area contributed by atoms with Crippen LogP contribution in [0.5, 0.6) is 0 Å². The summed E-state index contributed by atoms with van der Waals surface area (Å²) in [5.41, 5.74) is 1.07. The maximum absolute atomic E-state index is 12.9. The fraction of sp³-hybridized carbons (Fsp3) is 0.737. The predicted octanol–water partition coefficient (Wildman–Crippen LogP) is 1.75. The van der Waals surface area contributed by atoms with Gasteiger partial charge in [-0.2, -0.15) is 0 Å². The number of nitrogens with one attached hydrogen (secondary N) is 2. The van der Waals surface area contributed by atoms with Crippen molar-refractivity contribution in [3.05, 3.63) is 11.9 Å². The fourth-order valence-corrected chi connectivity index (χ4v) is 4.50. The first-order valence-electron chi connectivity index (χ1n) is 10.0. The molecular formula is C19H30N6O. The number of rotatable bonds is 3. The average Bonchev–Trinajstić information content (AvgIpc) is 2.80. The number of anilines is 2. The van der Waals surface area contributed by atoms with E-state index in [9.17, 15) is 4.79 Å². The number of piperidine rings is 1. The highest BCUT2D eigenvalue weighted by Crippen LogP contribution is 2.31. The number of aromatic nitrogens is 2. The maximum Gasteiger partial charge on any atom is 0.242 e. The van der Waals surface area contributed by atoms with Gasteiger partial charge in [-0.3, -0.25) is 4.79 Å². The molecule has 3 aliphatic rings. The van der Waals surface area contributed by atoms with E-state index < -0.39 is 0 Å². The molecule has 1 aromatic rings. The molecule has 0 radical (unpaired) electrons. The number of likely N-dealkylation sites (N-methyl/N-ethyl adjacent to an activating group) is 1. The average molecular weight is 358 g/mol. The summed E-state index contributed by atoms with van der Waals surface area (Å²) >= 11 is 0. The molecule has 1 aromatic heterocycles. The molecule has 2 aliphatic heterocycles. The second kappa shape index (κ2) is 7.78. The molecule has 0 spiro atoms. The molecule has 1 saturated heterocycles. The third kappa shape index (κ3) is 3.63. The highest BCUT2D eigenvalue weighted by molar-refractivity contribution is 5.84. The van der Waals surface area contributed by atoms with Crippen LogP contribution in [0.4, 0.5) is 11.6 Å². The van der Waals surface area contributed by atoms with Crippen molar-refractivity contribution >= 4 is 17.5 Å². The van der Waals surface area contributed by atoms with Gasteiger partial charge in [0.1, 0.15) is 18.0 Å². The predicted molar refractivity (Wildman–Crippen MR) is 102 cm³/mol. The van der Waals surface area contributed by atoms with Gasteiger partial charge in [-0.15, -0.1) is 0 Å². The second-order valence-electron chi connectivity index (χ2n) is 7.88. The molecule has 1 amide bonds. The first-order valence-corrected chi connectivity index (χ1v) is 10.0. The van der Waals surface area contributed by atoms with Gasteiger partial charge < -0.3 is 20.4 Å². The third-order valence-corrected chi connectivity index (χ3v) is 5.96. The van der Waals surface area contributed by atoms with Gasteiger partial charge in [0.25, 0.3) is 0 Å².